The summed E-state index contributed by atoms with van der Waals surface area (Å²) in [7, 11) is 0. The van der Waals surface area contributed by atoms with E-state index in [-0.39, 0.29) is 41.4 Å². The van der Waals surface area contributed by atoms with E-state index in [1.807, 2.05) is 0 Å². The molecule has 0 aromatic heterocycles. The Hall–Kier alpha value is -4.41. The lowest BCUT2D eigenvalue weighted by Gasteiger charge is -2.13. The van der Waals surface area contributed by atoms with E-state index in [4.69, 9.17) is 33.2 Å². The van der Waals surface area contributed by atoms with Crippen LogP contribution in [0.15, 0.2) is 66.7 Å². The van der Waals surface area contributed by atoms with E-state index < -0.39 is 17.9 Å². The van der Waals surface area contributed by atoms with Crippen LogP contribution in [0.5, 0.6) is 23.0 Å². The molecule has 10 nitrogen and oxygen atoms in total. The highest BCUT2D eigenvalue weighted by molar-refractivity contribution is 5.97. The minimum atomic E-state index is -0.677. The van der Waals surface area contributed by atoms with Crippen LogP contribution in [-0.4, -0.2) is 63.2 Å². The van der Waals surface area contributed by atoms with E-state index in [0.29, 0.717) is 43.5 Å². The fourth-order valence-electron chi connectivity index (χ4n) is 5.06. The molecule has 0 saturated carbocycles. The van der Waals surface area contributed by atoms with E-state index in [1.54, 1.807) is 48.5 Å². The van der Waals surface area contributed by atoms with Gasteiger partial charge in [-0.05, 0) is 73.2 Å². The fourth-order valence-corrected chi connectivity index (χ4v) is 5.06. The topological polar surface area (TPSA) is 122 Å². The highest BCUT2D eigenvalue weighted by atomic mass is 16.6. The Morgan fingerprint density at radius 1 is 0.592 bits per heavy atom. The SMILES string of the molecule is CCCCCCCCCCCCOC(=O)c1cc(OC(=O)c2ccc(OCC3CO3)cc2)ccc1OC(=O)c1ccc(OCC2CO2)cc1. The van der Waals surface area contributed by atoms with Crippen LogP contribution in [0.3, 0.4) is 0 Å². The molecule has 0 amide bonds. The molecule has 3 aromatic rings. The summed E-state index contributed by atoms with van der Waals surface area (Å²) in [5.41, 5.74) is 0.543. The van der Waals surface area contributed by atoms with Crippen LogP contribution in [0, 0.1) is 0 Å². The number of unbranched alkanes of at least 4 members (excludes halogenated alkanes) is 9. The molecule has 2 unspecified atom stereocenters. The first-order chi connectivity index (χ1) is 24.0. The standard InChI is InChI=1S/C39H46O10/c1-2-3-4-5-6-7-8-9-10-11-22-43-39(42)35-23-32(48-37(40)28-12-16-30(17-13-28)44-24-33-26-46-33)20-21-36(35)49-38(41)29-14-18-31(19-15-29)45-25-34-27-47-34/h12-21,23,33-34H,2-11,22,24-27H2,1H3. The highest BCUT2D eigenvalue weighted by Gasteiger charge is 2.24. The average Bonchev–Trinajstić information content (AvgIpc) is 4.06. The molecule has 2 atom stereocenters. The second kappa shape index (κ2) is 19.0. The second-order valence-corrected chi connectivity index (χ2v) is 12.3. The van der Waals surface area contributed by atoms with Gasteiger partial charge in [-0.2, -0.15) is 0 Å². The smallest absolute Gasteiger partial charge is 0.343 e. The lowest BCUT2D eigenvalue weighted by atomic mass is 10.1. The van der Waals surface area contributed by atoms with Gasteiger partial charge in [0.15, 0.2) is 0 Å². The van der Waals surface area contributed by atoms with E-state index in [2.05, 4.69) is 6.92 Å². The van der Waals surface area contributed by atoms with Gasteiger partial charge in [0, 0.05) is 0 Å². The van der Waals surface area contributed by atoms with E-state index >= 15 is 0 Å². The summed E-state index contributed by atoms with van der Waals surface area (Å²) >= 11 is 0. The number of epoxide rings is 2. The Kier molecular flexibility index (Phi) is 13.9. The van der Waals surface area contributed by atoms with Gasteiger partial charge < -0.3 is 33.2 Å². The van der Waals surface area contributed by atoms with E-state index in [1.165, 1.54) is 63.1 Å². The minimum Gasteiger partial charge on any atom is -0.491 e. The van der Waals surface area contributed by atoms with Crippen LogP contribution < -0.4 is 18.9 Å². The number of esters is 3. The van der Waals surface area contributed by atoms with Crippen molar-refractivity contribution in [3.05, 3.63) is 83.4 Å². The molecule has 0 aliphatic carbocycles. The van der Waals surface area contributed by atoms with Gasteiger partial charge in [0.1, 0.15) is 54.0 Å². The molecule has 2 aliphatic rings. The van der Waals surface area contributed by atoms with Crippen molar-refractivity contribution < 1.29 is 47.5 Å². The van der Waals surface area contributed by atoms with Crippen molar-refractivity contribution in [2.45, 2.75) is 83.3 Å². The van der Waals surface area contributed by atoms with E-state index in [0.717, 1.165) is 19.3 Å². The van der Waals surface area contributed by atoms with Gasteiger partial charge in [-0.1, -0.05) is 64.7 Å². The maximum absolute atomic E-state index is 13.3. The normalized spacial score (nSPS) is 16.0. The molecular formula is C39H46O10. The molecular weight excluding hydrogens is 628 g/mol. The Labute approximate surface area is 287 Å². The number of rotatable bonds is 22. The van der Waals surface area contributed by atoms with E-state index in [9.17, 15) is 14.4 Å². The van der Waals surface area contributed by atoms with Gasteiger partial charge >= 0.3 is 17.9 Å². The molecule has 0 bridgehead atoms. The number of hydrogen-bond acceptors (Lipinski definition) is 10. The number of benzene rings is 3. The Balaban J connectivity index is 1.17. The molecule has 5 rings (SSSR count). The maximum Gasteiger partial charge on any atom is 0.343 e. The van der Waals surface area contributed by atoms with Crippen LogP contribution in [-0.2, 0) is 14.2 Å². The molecule has 0 radical (unpaired) electrons. The summed E-state index contributed by atoms with van der Waals surface area (Å²) in [4.78, 5) is 39.3. The van der Waals surface area contributed by atoms with Crippen LogP contribution in [0.25, 0.3) is 0 Å². The largest absolute Gasteiger partial charge is 0.491 e. The first kappa shape index (κ1) is 35.9. The third-order valence-corrected chi connectivity index (χ3v) is 8.17. The Bertz CT molecular complexity index is 1490. The second-order valence-electron chi connectivity index (χ2n) is 12.3. The molecule has 2 aliphatic heterocycles. The third kappa shape index (κ3) is 12.5. The van der Waals surface area contributed by atoms with Crippen molar-refractivity contribution in [2.24, 2.45) is 0 Å². The van der Waals surface area contributed by atoms with Crippen molar-refractivity contribution in [1.29, 1.82) is 0 Å². The molecule has 262 valence electrons. The quantitative estimate of drug-likeness (QED) is 0.0452. The minimum absolute atomic E-state index is 0.00905. The van der Waals surface area contributed by atoms with Crippen molar-refractivity contribution >= 4 is 17.9 Å². The fraction of sp³-hybridized carbons (Fsp3) is 0.462. The summed E-state index contributed by atoms with van der Waals surface area (Å²) in [5.74, 6) is -0.662. The van der Waals surface area contributed by atoms with Gasteiger partial charge in [-0.25, -0.2) is 14.4 Å². The zero-order valence-corrected chi connectivity index (χ0v) is 28.2. The third-order valence-electron chi connectivity index (χ3n) is 8.17. The van der Waals surface area contributed by atoms with Crippen LogP contribution in [0.2, 0.25) is 0 Å². The van der Waals surface area contributed by atoms with Crippen LogP contribution in [0.1, 0.15) is 102 Å². The number of hydrogen-bond donors (Lipinski definition) is 0. The summed E-state index contributed by atoms with van der Waals surface area (Å²) in [6.45, 7) is 4.72. The van der Waals surface area contributed by atoms with Gasteiger partial charge in [-0.15, -0.1) is 0 Å². The first-order valence-electron chi connectivity index (χ1n) is 17.4. The molecule has 0 spiro atoms. The number of carbonyl (C=O) groups is 3. The Morgan fingerprint density at radius 3 is 1.57 bits per heavy atom. The van der Waals surface area contributed by atoms with Crippen molar-refractivity contribution in [3.63, 3.8) is 0 Å². The molecule has 3 aromatic carbocycles. The molecule has 0 N–H and O–H groups in total. The predicted octanol–water partition coefficient (Wildman–Crippen LogP) is 7.76. The summed E-state index contributed by atoms with van der Waals surface area (Å²) < 4.78 is 38.4. The van der Waals surface area contributed by atoms with Crippen molar-refractivity contribution in [1.82, 2.24) is 0 Å². The summed E-state index contributed by atoms with van der Waals surface area (Å²) in [6.07, 6.45) is 11.8. The van der Waals surface area contributed by atoms with Crippen molar-refractivity contribution in [2.75, 3.05) is 33.0 Å². The van der Waals surface area contributed by atoms with Gasteiger partial charge in [0.2, 0.25) is 0 Å². The monoisotopic (exact) mass is 674 g/mol. The molecule has 49 heavy (non-hydrogen) atoms. The number of carbonyl (C=O) groups excluding carboxylic acids is 3. The summed E-state index contributed by atoms with van der Waals surface area (Å²) in [6, 6.07) is 17.3. The zero-order chi connectivity index (χ0) is 34.3. The molecule has 2 fully saturated rings. The summed E-state index contributed by atoms with van der Waals surface area (Å²) in [5, 5.41) is 0. The van der Waals surface area contributed by atoms with Crippen LogP contribution >= 0.6 is 0 Å². The predicted molar refractivity (Wildman–Crippen MR) is 182 cm³/mol. The Morgan fingerprint density at radius 2 is 1.06 bits per heavy atom. The lowest BCUT2D eigenvalue weighted by Crippen LogP contribution is -2.15. The molecule has 2 heterocycles. The molecule has 2 saturated heterocycles. The highest BCUT2D eigenvalue weighted by Crippen LogP contribution is 2.28. The van der Waals surface area contributed by atoms with Gasteiger partial charge in [0.25, 0.3) is 0 Å². The van der Waals surface area contributed by atoms with Crippen molar-refractivity contribution in [3.8, 4) is 23.0 Å². The molecule has 10 heteroatoms. The van der Waals surface area contributed by atoms with Gasteiger partial charge in [0.05, 0.1) is 30.9 Å². The average molecular weight is 675 g/mol. The number of ether oxygens (including phenoxy) is 7. The first-order valence-corrected chi connectivity index (χ1v) is 17.4. The zero-order valence-electron chi connectivity index (χ0n) is 28.2. The lowest BCUT2D eigenvalue weighted by molar-refractivity contribution is 0.0490. The van der Waals surface area contributed by atoms with Gasteiger partial charge in [-0.3, -0.25) is 0 Å². The maximum atomic E-state index is 13.3. The van der Waals surface area contributed by atoms with Crippen LogP contribution in [0.4, 0.5) is 0 Å².